The Balaban J connectivity index is 1.55. The highest BCUT2D eigenvalue weighted by Gasteiger charge is 2.79. The predicted octanol–water partition coefficient (Wildman–Crippen LogP) is 5.72. The number of hydrogen-bond donors (Lipinski definition) is 0. The first-order valence-electron chi connectivity index (χ1n) is 9.65. The van der Waals surface area contributed by atoms with Crippen LogP contribution in [0.15, 0.2) is 0 Å². The van der Waals surface area contributed by atoms with Crippen LogP contribution in [0.1, 0.15) is 61.8 Å². The van der Waals surface area contributed by atoms with Gasteiger partial charge in [0.05, 0.1) is 0 Å². The molecule has 0 heterocycles. The summed E-state index contributed by atoms with van der Waals surface area (Å²) >= 11 is 0. The molecule has 0 amide bonds. The summed E-state index contributed by atoms with van der Waals surface area (Å²) in [6.07, 6.45) is 1.47. The van der Waals surface area contributed by atoms with E-state index in [4.69, 9.17) is 0 Å². The molecule has 10 atom stereocenters. The molecule has 0 heteroatoms. The molecule has 21 heavy (non-hydrogen) atoms. The summed E-state index contributed by atoms with van der Waals surface area (Å²) in [5.41, 5.74) is 1.24. The highest BCUT2D eigenvalue weighted by molar-refractivity contribution is 5.26. The Morgan fingerprint density at radius 1 is 0.810 bits per heavy atom. The van der Waals surface area contributed by atoms with Gasteiger partial charge < -0.3 is 0 Å². The monoisotopic (exact) mass is 288 g/mol. The van der Waals surface area contributed by atoms with Gasteiger partial charge in [0, 0.05) is 0 Å². The first-order valence-corrected chi connectivity index (χ1v) is 9.65. The molecule has 0 bridgehead atoms. The summed E-state index contributed by atoms with van der Waals surface area (Å²) in [5.74, 6) is 10.1. The van der Waals surface area contributed by atoms with Gasteiger partial charge in [-0.2, -0.15) is 0 Å². The molecule has 4 aliphatic rings. The van der Waals surface area contributed by atoms with Gasteiger partial charge in [0.1, 0.15) is 0 Å². The molecule has 0 nitrogen and oxygen atoms in total. The molecule has 0 aromatic heterocycles. The minimum absolute atomic E-state index is 0.563. The first-order chi connectivity index (χ1) is 9.65. The van der Waals surface area contributed by atoms with Gasteiger partial charge in [-0.1, -0.05) is 55.4 Å². The van der Waals surface area contributed by atoms with Crippen molar-refractivity contribution in [2.45, 2.75) is 61.8 Å². The molecule has 4 saturated carbocycles. The average Bonchev–Trinajstić information content (AvgIpc) is 3.21. The van der Waals surface area contributed by atoms with Gasteiger partial charge in [0.15, 0.2) is 0 Å². The standard InChI is InChI=1S/C21H36/c1-10-9-11(2)16(10)20(6,7)18-13(4)19(18)21(8)14(5)15-12(3)17(15)21/h10-19H,9H2,1-8H3. The van der Waals surface area contributed by atoms with Crippen LogP contribution in [0.2, 0.25) is 0 Å². The van der Waals surface area contributed by atoms with E-state index in [0.29, 0.717) is 10.8 Å². The minimum atomic E-state index is 0.563. The second-order valence-electron chi connectivity index (χ2n) is 10.6. The van der Waals surface area contributed by atoms with Crippen LogP contribution in [-0.4, -0.2) is 0 Å². The van der Waals surface area contributed by atoms with Crippen molar-refractivity contribution in [2.24, 2.45) is 70.0 Å². The molecule has 0 aromatic carbocycles. The molecular formula is C21H36. The van der Waals surface area contributed by atoms with E-state index in [9.17, 15) is 0 Å². The molecule has 10 unspecified atom stereocenters. The van der Waals surface area contributed by atoms with Gasteiger partial charge >= 0.3 is 0 Å². The van der Waals surface area contributed by atoms with Crippen molar-refractivity contribution in [3.05, 3.63) is 0 Å². The van der Waals surface area contributed by atoms with E-state index in [1.807, 2.05) is 0 Å². The Bertz CT molecular complexity index is 447. The number of hydrogen-bond acceptors (Lipinski definition) is 0. The normalized spacial score (nSPS) is 65.1. The lowest BCUT2D eigenvalue weighted by atomic mass is 9.52. The van der Waals surface area contributed by atoms with Crippen LogP contribution in [0, 0.1) is 70.0 Å². The summed E-state index contributed by atoms with van der Waals surface area (Å²) in [6.45, 7) is 20.5. The van der Waals surface area contributed by atoms with E-state index < -0.39 is 0 Å². The highest BCUT2D eigenvalue weighted by Crippen LogP contribution is 2.83. The van der Waals surface area contributed by atoms with Crippen molar-refractivity contribution in [2.75, 3.05) is 0 Å². The van der Waals surface area contributed by atoms with Crippen molar-refractivity contribution in [1.29, 1.82) is 0 Å². The molecule has 0 spiro atoms. The Morgan fingerprint density at radius 3 is 1.81 bits per heavy atom. The minimum Gasteiger partial charge on any atom is -0.0622 e. The number of rotatable bonds is 3. The first kappa shape index (κ1) is 14.6. The average molecular weight is 289 g/mol. The van der Waals surface area contributed by atoms with Crippen LogP contribution < -0.4 is 0 Å². The van der Waals surface area contributed by atoms with Crippen LogP contribution in [0.25, 0.3) is 0 Å². The molecular weight excluding hydrogens is 252 g/mol. The van der Waals surface area contributed by atoms with Gasteiger partial charge in [-0.25, -0.2) is 0 Å². The summed E-state index contributed by atoms with van der Waals surface area (Å²) in [6, 6.07) is 0. The van der Waals surface area contributed by atoms with Crippen molar-refractivity contribution < 1.29 is 0 Å². The Morgan fingerprint density at radius 2 is 1.38 bits per heavy atom. The summed E-state index contributed by atoms with van der Waals surface area (Å²) < 4.78 is 0. The topological polar surface area (TPSA) is 0 Å². The van der Waals surface area contributed by atoms with Crippen molar-refractivity contribution >= 4 is 0 Å². The quantitative estimate of drug-likeness (QED) is 0.622. The zero-order chi connectivity index (χ0) is 15.5. The lowest BCUT2D eigenvalue weighted by molar-refractivity contribution is -0.0465. The third-order valence-electron chi connectivity index (χ3n) is 9.51. The number of fused-ring (bicyclic) bond motifs is 1. The maximum Gasteiger partial charge on any atom is -0.0230 e. The maximum atomic E-state index is 2.66. The van der Waals surface area contributed by atoms with Gasteiger partial charge in [-0.3, -0.25) is 0 Å². The Hall–Kier alpha value is 0. The molecule has 4 rings (SSSR count). The molecule has 4 aliphatic carbocycles. The lowest BCUT2D eigenvalue weighted by Crippen LogP contribution is -2.47. The molecule has 4 fully saturated rings. The molecule has 120 valence electrons. The summed E-state index contributed by atoms with van der Waals surface area (Å²) in [7, 11) is 0. The van der Waals surface area contributed by atoms with Gasteiger partial charge in [-0.05, 0) is 76.4 Å². The molecule has 0 saturated heterocycles. The van der Waals surface area contributed by atoms with Crippen LogP contribution in [0.3, 0.4) is 0 Å². The third-order valence-corrected chi connectivity index (χ3v) is 9.51. The van der Waals surface area contributed by atoms with E-state index in [1.54, 1.807) is 0 Å². The van der Waals surface area contributed by atoms with E-state index in [-0.39, 0.29) is 0 Å². The molecule has 0 N–H and O–H groups in total. The molecule has 0 aromatic rings. The second kappa shape index (κ2) is 3.90. The van der Waals surface area contributed by atoms with Crippen LogP contribution in [0.4, 0.5) is 0 Å². The zero-order valence-corrected chi connectivity index (χ0v) is 15.5. The highest BCUT2D eigenvalue weighted by atomic mass is 14.8. The SMILES string of the molecule is CC1CC(C)C1C(C)(C)C1C(C)C1C1(C)C(C)C2C(C)C21. The van der Waals surface area contributed by atoms with Crippen LogP contribution in [0.5, 0.6) is 0 Å². The van der Waals surface area contributed by atoms with Crippen molar-refractivity contribution in [1.82, 2.24) is 0 Å². The van der Waals surface area contributed by atoms with Crippen molar-refractivity contribution in [3.8, 4) is 0 Å². The smallest absolute Gasteiger partial charge is 0.0230 e. The molecule has 0 aliphatic heterocycles. The largest absolute Gasteiger partial charge is 0.0622 e. The van der Waals surface area contributed by atoms with Crippen LogP contribution in [-0.2, 0) is 0 Å². The van der Waals surface area contributed by atoms with Crippen LogP contribution >= 0.6 is 0 Å². The van der Waals surface area contributed by atoms with Gasteiger partial charge in [0.2, 0.25) is 0 Å². The lowest BCUT2D eigenvalue weighted by Gasteiger charge is -2.53. The third kappa shape index (κ3) is 1.49. The van der Waals surface area contributed by atoms with Gasteiger partial charge in [-0.15, -0.1) is 0 Å². The predicted molar refractivity (Wildman–Crippen MR) is 89.8 cm³/mol. The summed E-state index contributed by atoms with van der Waals surface area (Å²) in [4.78, 5) is 0. The zero-order valence-electron chi connectivity index (χ0n) is 15.5. The van der Waals surface area contributed by atoms with Crippen molar-refractivity contribution in [3.63, 3.8) is 0 Å². The Labute approximate surface area is 132 Å². The fraction of sp³-hybridized carbons (Fsp3) is 1.00. The van der Waals surface area contributed by atoms with E-state index in [0.717, 1.165) is 59.2 Å². The fourth-order valence-corrected chi connectivity index (χ4v) is 8.86. The fourth-order valence-electron chi connectivity index (χ4n) is 8.86. The van der Waals surface area contributed by atoms with E-state index in [2.05, 4.69) is 55.4 Å². The van der Waals surface area contributed by atoms with Gasteiger partial charge in [0.25, 0.3) is 0 Å². The maximum absolute atomic E-state index is 2.66. The Kier molecular flexibility index (Phi) is 2.71. The molecule has 0 radical (unpaired) electrons. The van der Waals surface area contributed by atoms with E-state index >= 15 is 0 Å². The summed E-state index contributed by atoms with van der Waals surface area (Å²) in [5, 5.41) is 0. The second-order valence-corrected chi connectivity index (χ2v) is 10.6. The van der Waals surface area contributed by atoms with E-state index in [1.165, 1.54) is 6.42 Å².